The summed E-state index contributed by atoms with van der Waals surface area (Å²) < 4.78 is 0. The Hall–Kier alpha value is -0.970. The second-order valence-corrected chi connectivity index (χ2v) is 3.60. The van der Waals surface area contributed by atoms with Crippen molar-refractivity contribution in [3.63, 3.8) is 0 Å². The van der Waals surface area contributed by atoms with Gasteiger partial charge in [-0.25, -0.2) is 0 Å². The summed E-state index contributed by atoms with van der Waals surface area (Å²) in [4.78, 5) is 10.9. The lowest BCUT2D eigenvalue weighted by atomic mass is 9.82. The number of hydrogen-bond donors (Lipinski definition) is 1. The van der Waals surface area contributed by atoms with Gasteiger partial charge in [-0.05, 0) is 32.6 Å². The zero-order valence-corrected chi connectivity index (χ0v) is 7.55. The molecule has 0 aromatic rings. The Labute approximate surface area is 73.0 Å². The number of carboxylic acid groups (broad SMARTS) is 1. The first-order valence-electron chi connectivity index (χ1n) is 4.24. The molecule has 0 bridgehead atoms. The summed E-state index contributed by atoms with van der Waals surface area (Å²) in [5.74, 6) is 5.26. The highest BCUT2D eigenvalue weighted by Gasteiger charge is 2.46. The molecule has 12 heavy (non-hydrogen) atoms. The van der Waals surface area contributed by atoms with E-state index in [-0.39, 0.29) is 0 Å². The third kappa shape index (κ3) is 1.61. The predicted octanol–water partition coefficient (Wildman–Crippen LogP) is 1.90. The molecule has 2 heteroatoms. The van der Waals surface area contributed by atoms with Gasteiger partial charge < -0.3 is 5.11 Å². The first kappa shape index (κ1) is 9.12. The van der Waals surface area contributed by atoms with Crippen LogP contribution >= 0.6 is 0 Å². The summed E-state index contributed by atoms with van der Waals surface area (Å²) in [6.07, 6.45) is 2.59. The highest BCUT2D eigenvalue weighted by atomic mass is 16.4. The Morgan fingerprint density at radius 2 is 2.25 bits per heavy atom. The fraction of sp³-hybridized carbons (Fsp3) is 0.700. The molecule has 1 fully saturated rings. The minimum Gasteiger partial charge on any atom is -0.481 e. The molecule has 0 aromatic heterocycles. The van der Waals surface area contributed by atoms with Crippen LogP contribution < -0.4 is 0 Å². The summed E-state index contributed by atoms with van der Waals surface area (Å²) in [6.45, 7) is 3.55. The molecule has 0 amide bonds. The van der Waals surface area contributed by atoms with Crippen molar-refractivity contribution in [2.24, 2.45) is 11.3 Å². The fourth-order valence-electron chi connectivity index (χ4n) is 1.39. The lowest BCUT2D eigenvalue weighted by molar-refractivity contribution is -0.148. The van der Waals surface area contributed by atoms with Crippen LogP contribution in [0.5, 0.6) is 0 Å². The number of carboxylic acids is 1. The zero-order valence-electron chi connectivity index (χ0n) is 7.55. The minimum atomic E-state index is -0.701. The van der Waals surface area contributed by atoms with Gasteiger partial charge in [-0.3, -0.25) is 4.79 Å². The monoisotopic (exact) mass is 166 g/mol. The molecule has 0 heterocycles. The Bertz CT molecular complexity index is 242. The topological polar surface area (TPSA) is 37.3 Å². The summed E-state index contributed by atoms with van der Waals surface area (Å²) in [6, 6.07) is 0. The molecule has 1 unspecified atom stereocenters. The first-order valence-corrected chi connectivity index (χ1v) is 4.24. The Morgan fingerprint density at radius 1 is 1.67 bits per heavy atom. The zero-order chi connectivity index (χ0) is 9.19. The van der Waals surface area contributed by atoms with Crippen molar-refractivity contribution >= 4 is 5.97 Å². The third-order valence-electron chi connectivity index (χ3n) is 2.60. The number of rotatable bonds is 3. The highest BCUT2D eigenvalue weighted by molar-refractivity contribution is 5.75. The second-order valence-electron chi connectivity index (χ2n) is 3.60. The van der Waals surface area contributed by atoms with Gasteiger partial charge in [0.05, 0.1) is 5.41 Å². The van der Waals surface area contributed by atoms with Crippen molar-refractivity contribution in [3.05, 3.63) is 0 Å². The second kappa shape index (κ2) is 3.18. The standard InChI is InChI=1S/C10H14O2/c1-3-4-7-10(2,9(11)12)8-5-6-8/h8H,5-7H2,1-2H3,(H,11,12). The van der Waals surface area contributed by atoms with Crippen molar-refractivity contribution in [2.75, 3.05) is 0 Å². The highest BCUT2D eigenvalue weighted by Crippen LogP contribution is 2.47. The van der Waals surface area contributed by atoms with Crippen molar-refractivity contribution in [1.82, 2.24) is 0 Å². The predicted molar refractivity (Wildman–Crippen MR) is 46.5 cm³/mol. The van der Waals surface area contributed by atoms with E-state index < -0.39 is 11.4 Å². The average molecular weight is 166 g/mol. The van der Waals surface area contributed by atoms with Gasteiger partial charge in [-0.15, -0.1) is 11.8 Å². The Morgan fingerprint density at radius 3 is 2.58 bits per heavy atom. The van der Waals surface area contributed by atoms with E-state index in [0.29, 0.717) is 12.3 Å². The maximum absolute atomic E-state index is 10.9. The van der Waals surface area contributed by atoms with Gasteiger partial charge >= 0.3 is 5.97 Å². The summed E-state index contributed by atoms with van der Waals surface area (Å²) in [5.41, 5.74) is -0.594. The molecule has 0 radical (unpaired) electrons. The maximum Gasteiger partial charge on any atom is 0.310 e. The van der Waals surface area contributed by atoms with Crippen molar-refractivity contribution in [1.29, 1.82) is 0 Å². The van der Waals surface area contributed by atoms with Crippen LogP contribution in [0.25, 0.3) is 0 Å². The third-order valence-corrected chi connectivity index (χ3v) is 2.60. The van der Waals surface area contributed by atoms with Crippen LogP contribution in [0, 0.1) is 23.2 Å². The molecule has 1 aliphatic rings. The summed E-state index contributed by atoms with van der Waals surface area (Å²) >= 11 is 0. The van der Waals surface area contributed by atoms with Gasteiger partial charge in [-0.2, -0.15) is 0 Å². The molecule has 2 nitrogen and oxygen atoms in total. The first-order chi connectivity index (χ1) is 5.61. The molecule has 0 aliphatic heterocycles. The Kier molecular flexibility index (Phi) is 2.42. The van der Waals surface area contributed by atoms with Gasteiger partial charge in [0.2, 0.25) is 0 Å². The molecule has 1 saturated carbocycles. The van der Waals surface area contributed by atoms with Crippen molar-refractivity contribution in [2.45, 2.75) is 33.1 Å². The van der Waals surface area contributed by atoms with Gasteiger partial charge in [0.25, 0.3) is 0 Å². The van der Waals surface area contributed by atoms with Gasteiger partial charge in [0.1, 0.15) is 0 Å². The average Bonchev–Trinajstić information content (AvgIpc) is 2.82. The minimum absolute atomic E-state index is 0.357. The molecule has 1 aliphatic carbocycles. The molecular formula is C10H14O2. The molecule has 1 atom stereocenters. The largest absolute Gasteiger partial charge is 0.481 e. The molecule has 66 valence electrons. The quantitative estimate of drug-likeness (QED) is 0.650. The lowest BCUT2D eigenvalue weighted by Gasteiger charge is -2.21. The number of aliphatic carboxylic acids is 1. The van der Waals surface area contributed by atoms with E-state index in [1.807, 2.05) is 0 Å². The van der Waals surface area contributed by atoms with E-state index >= 15 is 0 Å². The van der Waals surface area contributed by atoms with E-state index in [2.05, 4.69) is 11.8 Å². The molecular weight excluding hydrogens is 152 g/mol. The molecule has 1 rings (SSSR count). The smallest absolute Gasteiger partial charge is 0.310 e. The number of hydrogen-bond acceptors (Lipinski definition) is 1. The van der Waals surface area contributed by atoms with Crippen LogP contribution in [-0.2, 0) is 4.79 Å². The molecule has 0 aromatic carbocycles. The van der Waals surface area contributed by atoms with E-state index in [1.54, 1.807) is 13.8 Å². The van der Waals surface area contributed by atoms with Crippen LogP contribution in [0.1, 0.15) is 33.1 Å². The Balaban J connectivity index is 2.68. The van der Waals surface area contributed by atoms with Crippen LogP contribution in [0.2, 0.25) is 0 Å². The lowest BCUT2D eigenvalue weighted by Crippen LogP contribution is -2.29. The fourth-order valence-corrected chi connectivity index (χ4v) is 1.39. The maximum atomic E-state index is 10.9. The van der Waals surface area contributed by atoms with E-state index in [1.165, 1.54) is 0 Å². The normalized spacial score (nSPS) is 20.5. The van der Waals surface area contributed by atoms with E-state index in [9.17, 15) is 4.79 Å². The molecule has 1 N–H and O–H groups in total. The van der Waals surface area contributed by atoms with E-state index in [4.69, 9.17) is 5.11 Å². The van der Waals surface area contributed by atoms with Gasteiger partial charge in [-0.1, -0.05) is 0 Å². The van der Waals surface area contributed by atoms with Gasteiger partial charge in [0.15, 0.2) is 0 Å². The SMILES string of the molecule is CC#CCC(C)(C(=O)O)C1CC1. The number of carbonyl (C=O) groups is 1. The van der Waals surface area contributed by atoms with Crippen molar-refractivity contribution < 1.29 is 9.90 Å². The summed E-state index contributed by atoms with van der Waals surface area (Å²) in [5, 5.41) is 9.00. The van der Waals surface area contributed by atoms with Gasteiger partial charge in [0, 0.05) is 6.42 Å². The van der Waals surface area contributed by atoms with Crippen LogP contribution in [-0.4, -0.2) is 11.1 Å². The van der Waals surface area contributed by atoms with Crippen LogP contribution in [0.3, 0.4) is 0 Å². The summed E-state index contributed by atoms with van der Waals surface area (Å²) in [7, 11) is 0. The molecule has 0 saturated heterocycles. The van der Waals surface area contributed by atoms with Crippen molar-refractivity contribution in [3.8, 4) is 11.8 Å². The van der Waals surface area contributed by atoms with Crippen LogP contribution in [0.4, 0.5) is 0 Å². The van der Waals surface area contributed by atoms with E-state index in [0.717, 1.165) is 12.8 Å². The molecule has 0 spiro atoms. The van der Waals surface area contributed by atoms with Crippen LogP contribution in [0.15, 0.2) is 0 Å².